The zero-order chi connectivity index (χ0) is 11.2. The molecule has 0 aromatic heterocycles. The Labute approximate surface area is 89.9 Å². The van der Waals surface area contributed by atoms with Crippen molar-refractivity contribution in [2.75, 3.05) is 13.6 Å². The van der Waals surface area contributed by atoms with Gasteiger partial charge in [0.25, 0.3) is 0 Å². The second-order valence-electron chi connectivity index (χ2n) is 6.89. The van der Waals surface area contributed by atoms with Crippen LogP contribution in [0.5, 0.6) is 0 Å². The van der Waals surface area contributed by atoms with E-state index >= 15 is 0 Å². The summed E-state index contributed by atoms with van der Waals surface area (Å²) in [7, 11) is 2.30. The Kier molecular flexibility index (Phi) is 2.78. The van der Waals surface area contributed by atoms with Crippen LogP contribution in [0.15, 0.2) is 0 Å². The summed E-state index contributed by atoms with van der Waals surface area (Å²) in [5.74, 6) is 0. The van der Waals surface area contributed by atoms with Crippen molar-refractivity contribution in [3.63, 3.8) is 0 Å². The molecule has 1 rings (SSSR count). The summed E-state index contributed by atoms with van der Waals surface area (Å²) in [6.07, 6.45) is 2.70. The molecule has 1 aliphatic rings. The van der Waals surface area contributed by atoms with Crippen LogP contribution in [-0.4, -0.2) is 24.0 Å². The molecular weight excluding hydrogens is 170 g/mol. The van der Waals surface area contributed by atoms with Gasteiger partial charge in [0.1, 0.15) is 0 Å². The zero-order valence-electron chi connectivity index (χ0n) is 11.1. The van der Waals surface area contributed by atoms with Crippen molar-refractivity contribution in [1.82, 2.24) is 4.90 Å². The molecule has 0 atom stereocenters. The third-order valence-corrected chi connectivity index (χ3v) is 4.17. The van der Waals surface area contributed by atoms with Crippen LogP contribution < -0.4 is 0 Å². The molecule has 0 aliphatic carbocycles. The minimum Gasteiger partial charge on any atom is -0.300 e. The maximum absolute atomic E-state index is 2.59. The Morgan fingerprint density at radius 2 is 1.36 bits per heavy atom. The Hall–Kier alpha value is -0.0400. The number of hydrogen-bond acceptors (Lipinski definition) is 1. The topological polar surface area (TPSA) is 3.24 Å². The lowest BCUT2D eigenvalue weighted by molar-refractivity contribution is -0.0471. The highest BCUT2D eigenvalue weighted by Gasteiger charge is 2.54. The quantitative estimate of drug-likeness (QED) is 0.574. The van der Waals surface area contributed by atoms with Crippen LogP contribution in [0, 0.1) is 10.8 Å². The SMILES string of the molecule is CN1CCCC1(C(C)(C)C)C(C)(C)C. The molecule has 0 saturated carbocycles. The van der Waals surface area contributed by atoms with Crippen LogP contribution in [0.25, 0.3) is 0 Å². The highest BCUT2D eigenvalue weighted by Crippen LogP contribution is 2.53. The fraction of sp³-hybridized carbons (Fsp3) is 1.00. The lowest BCUT2D eigenvalue weighted by Gasteiger charge is -2.55. The smallest absolute Gasteiger partial charge is 0.0303 e. The second-order valence-corrected chi connectivity index (χ2v) is 6.89. The van der Waals surface area contributed by atoms with Gasteiger partial charge in [-0.1, -0.05) is 41.5 Å². The minimum atomic E-state index is 0.358. The predicted molar refractivity (Wildman–Crippen MR) is 63.5 cm³/mol. The van der Waals surface area contributed by atoms with E-state index in [-0.39, 0.29) is 0 Å². The van der Waals surface area contributed by atoms with E-state index in [1.54, 1.807) is 0 Å². The number of hydrogen-bond donors (Lipinski definition) is 0. The molecule has 0 N–H and O–H groups in total. The van der Waals surface area contributed by atoms with Crippen LogP contribution in [0.2, 0.25) is 0 Å². The van der Waals surface area contributed by atoms with Gasteiger partial charge in [-0.05, 0) is 37.3 Å². The third kappa shape index (κ3) is 1.50. The van der Waals surface area contributed by atoms with E-state index in [9.17, 15) is 0 Å². The van der Waals surface area contributed by atoms with Gasteiger partial charge in [-0.15, -0.1) is 0 Å². The van der Waals surface area contributed by atoms with Gasteiger partial charge in [-0.2, -0.15) is 0 Å². The monoisotopic (exact) mass is 197 g/mol. The normalized spacial score (nSPS) is 24.2. The van der Waals surface area contributed by atoms with Crippen LogP contribution in [0.3, 0.4) is 0 Å². The van der Waals surface area contributed by atoms with Gasteiger partial charge >= 0.3 is 0 Å². The molecule has 14 heavy (non-hydrogen) atoms. The Bertz CT molecular complexity index is 190. The van der Waals surface area contributed by atoms with E-state index < -0.39 is 0 Å². The summed E-state index contributed by atoms with van der Waals surface area (Å²) in [5, 5.41) is 0. The Morgan fingerprint density at radius 3 is 1.50 bits per heavy atom. The molecule has 0 aromatic rings. The molecule has 0 bridgehead atoms. The average Bonchev–Trinajstić information content (AvgIpc) is 2.27. The molecule has 1 saturated heterocycles. The van der Waals surface area contributed by atoms with Crippen molar-refractivity contribution in [2.24, 2.45) is 10.8 Å². The highest BCUT2D eigenvalue weighted by atomic mass is 15.2. The zero-order valence-corrected chi connectivity index (χ0v) is 11.1. The molecule has 1 nitrogen and oxygen atoms in total. The molecule has 1 heteroatoms. The summed E-state index contributed by atoms with van der Waals surface area (Å²) < 4.78 is 0. The van der Waals surface area contributed by atoms with Gasteiger partial charge in [0.15, 0.2) is 0 Å². The van der Waals surface area contributed by atoms with E-state index in [1.807, 2.05) is 0 Å². The first-order valence-corrected chi connectivity index (χ1v) is 5.84. The lowest BCUT2D eigenvalue weighted by atomic mass is 9.59. The second kappa shape index (κ2) is 3.23. The molecule has 0 aromatic carbocycles. The molecule has 84 valence electrons. The van der Waals surface area contributed by atoms with Gasteiger partial charge in [-0.3, -0.25) is 4.90 Å². The Balaban J connectivity index is 3.16. The first kappa shape index (κ1) is 12.0. The maximum Gasteiger partial charge on any atom is 0.0303 e. The predicted octanol–water partition coefficient (Wildman–Crippen LogP) is 3.54. The summed E-state index contributed by atoms with van der Waals surface area (Å²) >= 11 is 0. The first-order valence-electron chi connectivity index (χ1n) is 5.84. The van der Waals surface area contributed by atoms with Crippen molar-refractivity contribution in [3.8, 4) is 0 Å². The lowest BCUT2D eigenvalue weighted by Crippen LogP contribution is -2.60. The molecule has 0 amide bonds. The van der Waals surface area contributed by atoms with Gasteiger partial charge in [0.2, 0.25) is 0 Å². The third-order valence-electron chi connectivity index (χ3n) is 4.17. The highest BCUT2D eigenvalue weighted by molar-refractivity contribution is 5.09. The fourth-order valence-electron chi connectivity index (χ4n) is 3.97. The molecule has 1 fully saturated rings. The standard InChI is InChI=1S/C13H27N/c1-11(2,3)13(12(4,5)6)9-8-10-14(13)7/h8-10H2,1-7H3. The summed E-state index contributed by atoms with van der Waals surface area (Å²) in [6, 6.07) is 0. The van der Waals surface area contributed by atoms with Gasteiger partial charge < -0.3 is 0 Å². The first-order chi connectivity index (χ1) is 6.13. The van der Waals surface area contributed by atoms with Crippen molar-refractivity contribution in [2.45, 2.75) is 59.9 Å². The van der Waals surface area contributed by atoms with E-state index in [4.69, 9.17) is 0 Å². The van der Waals surface area contributed by atoms with Gasteiger partial charge in [0, 0.05) is 5.54 Å². The van der Waals surface area contributed by atoms with Crippen LogP contribution in [0.1, 0.15) is 54.4 Å². The van der Waals surface area contributed by atoms with Crippen molar-refractivity contribution < 1.29 is 0 Å². The van der Waals surface area contributed by atoms with E-state index in [2.05, 4.69) is 53.5 Å². The summed E-state index contributed by atoms with van der Waals surface area (Å²) in [4.78, 5) is 2.59. The van der Waals surface area contributed by atoms with Crippen LogP contribution >= 0.6 is 0 Å². The van der Waals surface area contributed by atoms with Crippen molar-refractivity contribution >= 4 is 0 Å². The van der Waals surface area contributed by atoms with E-state index in [0.717, 1.165) is 0 Å². The molecule has 1 aliphatic heterocycles. The number of rotatable bonds is 0. The average molecular weight is 197 g/mol. The molecule has 0 spiro atoms. The maximum atomic E-state index is 2.59. The fourth-order valence-corrected chi connectivity index (χ4v) is 3.97. The molecular formula is C13H27N. The largest absolute Gasteiger partial charge is 0.300 e. The van der Waals surface area contributed by atoms with E-state index in [0.29, 0.717) is 16.4 Å². The van der Waals surface area contributed by atoms with Crippen LogP contribution in [0.4, 0.5) is 0 Å². The summed E-state index contributed by atoms with van der Waals surface area (Å²) in [6.45, 7) is 15.6. The molecule has 0 unspecified atom stereocenters. The molecule has 0 radical (unpaired) electrons. The minimum absolute atomic E-state index is 0.358. The molecule has 1 heterocycles. The van der Waals surface area contributed by atoms with Gasteiger partial charge in [0.05, 0.1) is 0 Å². The summed E-state index contributed by atoms with van der Waals surface area (Å²) in [5.41, 5.74) is 1.08. The van der Waals surface area contributed by atoms with Crippen LogP contribution in [-0.2, 0) is 0 Å². The van der Waals surface area contributed by atoms with Gasteiger partial charge in [-0.25, -0.2) is 0 Å². The van der Waals surface area contributed by atoms with Crippen molar-refractivity contribution in [1.29, 1.82) is 0 Å². The number of likely N-dealkylation sites (tertiary alicyclic amines) is 1. The van der Waals surface area contributed by atoms with Crippen molar-refractivity contribution in [3.05, 3.63) is 0 Å². The number of nitrogens with zero attached hydrogens (tertiary/aromatic N) is 1. The Morgan fingerprint density at radius 1 is 0.929 bits per heavy atom. The van der Waals surface area contributed by atoms with E-state index in [1.165, 1.54) is 19.4 Å².